The van der Waals surface area contributed by atoms with Crippen molar-refractivity contribution in [2.45, 2.75) is 92.4 Å². The summed E-state index contributed by atoms with van der Waals surface area (Å²) < 4.78 is 109. The molecule has 0 saturated carbocycles. The third kappa shape index (κ3) is 10.2. The summed E-state index contributed by atoms with van der Waals surface area (Å²) in [6, 6.07) is 17.4. The molecule has 0 amide bonds. The molecule has 4 N–H and O–H groups in total. The lowest BCUT2D eigenvalue weighted by Crippen LogP contribution is -2.42. The minimum Gasteiger partial charge on any atom is -0.481 e. The molecule has 0 radical (unpaired) electrons. The molecule has 0 spiro atoms. The first-order valence-corrected chi connectivity index (χ1v) is 25.7. The van der Waals surface area contributed by atoms with Crippen LogP contribution in [-0.2, 0) is 50.7 Å². The number of likely N-dealkylation sites (N-methyl/N-ethyl adjacent to an activating group) is 1. The van der Waals surface area contributed by atoms with Crippen LogP contribution in [0.2, 0.25) is 0 Å². The Morgan fingerprint density at radius 2 is 1.47 bits per heavy atom. The van der Waals surface area contributed by atoms with E-state index in [-0.39, 0.29) is 42.0 Å². The van der Waals surface area contributed by atoms with Gasteiger partial charge in [-0.1, -0.05) is 86.2 Å². The van der Waals surface area contributed by atoms with E-state index in [1.165, 1.54) is 12.1 Å². The van der Waals surface area contributed by atoms with E-state index in [9.17, 15) is 48.8 Å². The summed E-state index contributed by atoms with van der Waals surface area (Å²) in [5.41, 5.74) is 2.83. The lowest BCUT2D eigenvalue weighted by Gasteiger charge is -2.35. The van der Waals surface area contributed by atoms with E-state index in [4.69, 9.17) is 4.74 Å². The molecule has 0 fully saturated rings. The van der Waals surface area contributed by atoms with Gasteiger partial charge >= 0.3 is 5.97 Å². The van der Waals surface area contributed by atoms with E-state index in [1.807, 2.05) is 55.5 Å². The number of carboxylic acids is 1. The third-order valence-electron chi connectivity index (χ3n) is 12.6. The summed E-state index contributed by atoms with van der Waals surface area (Å²) in [5, 5.41) is 11.7. The maximum absolute atomic E-state index is 12.6. The molecule has 2 aliphatic rings. The van der Waals surface area contributed by atoms with Gasteiger partial charge in [0, 0.05) is 66.5 Å². The zero-order chi connectivity index (χ0) is 46.7. The lowest BCUT2D eigenvalue weighted by molar-refractivity contribution is -0.137. The van der Waals surface area contributed by atoms with Gasteiger partial charge in [-0.2, -0.15) is 25.3 Å². The van der Waals surface area contributed by atoms with Gasteiger partial charge in [0.25, 0.3) is 30.4 Å². The number of carboxylic acid groups (broad SMARTS) is 1. The number of aliphatic carboxylic acids is 1. The number of anilines is 2. The molecule has 3 atom stereocenters. The predicted molar refractivity (Wildman–Crippen MR) is 250 cm³/mol. The fraction of sp³-hybridized carbons (Fsp3) is 0.383. The first kappa shape index (κ1) is 48.6. The normalized spacial score (nSPS) is 21.1. The average molecular weight is 937 g/mol. The summed E-state index contributed by atoms with van der Waals surface area (Å²) in [5.74, 6) is -1.23. The Labute approximate surface area is 375 Å². The highest BCUT2D eigenvalue weighted by atomic mass is 32.2. The van der Waals surface area contributed by atoms with E-state index in [0.717, 1.165) is 33.8 Å². The molecule has 344 valence electrons. The number of nitrogens with zero attached hydrogens (tertiary/aromatic N) is 2. The van der Waals surface area contributed by atoms with E-state index in [1.54, 1.807) is 13.2 Å². The van der Waals surface area contributed by atoms with Crippen molar-refractivity contribution in [2.24, 2.45) is 0 Å². The molecule has 14 nitrogen and oxygen atoms in total. The number of fused-ring (bicyclic) bond motifs is 6. The number of rotatable bonds is 20. The predicted octanol–water partition coefficient (Wildman–Crippen LogP) is 8.63. The summed E-state index contributed by atoms with van der Waals surface area (Å²) >= 11 is 0. The van der Waals surface area contributed by atoms with Crippen molar-refractivity contribution in [2.75, 3.05) is 42.4 Å². The van der Waals surface area contributed by atoms with E-state index >= 15 is 0 Å². The Bertz CT molecular complexity index is 2890. The number of methoxy groups -OCH3 is 1. The Morgan fingerprint density at radius 1 is 0.766 bits per heavy atom. The van der Waals surface area contributed by atoms with Crippen molar-refractivity contribution in [3.8, 4) is 0 Å². The van der Waals surface area contributed by atoms with Crippen molar-refractivity contribution < 1.29 is 53.5 Å². The van der Waals surface area contributed by atoms with Crippen LogP contribution in [0.5, 0.6) is 0 Å². The van der Waals surface area contributed by atoms with Crippen molar-refractivity contribution in [1.29, 1.82) is 0 Å². The van der Waals surface area contributed by atoms with Gasteiger partial charge in [-0.05, 0) is 104 Å². The van der Waals surface area contributed by atoms with Crippen molar-refractivity contribution in [1.82, 2.24) is 0 Å². The molecule has 2 aliphatic heterocycles. The zero-order valence-corrected chi connectivity index (χ0v) is 38.8. The minimum absolute atomic E-state index is 0.0180. The number of benzene rings is 4. The van der Waals surface area contributed by atoms with Crippen molar-refractivity contribution >= 4 is 69.2 Å². The first-order valence-electron chi connectivity index (χ1n) is 21.2. The lowest BCUT2D eigenvalue weighted by atomic mass is 9.73. The molecule has 64 heavy (non-hydrogen) atoms. The van der Waals surface area contributed by atoms with Crippen LogP contribution in [0.1, 0.15) is 76.8 Å². The van der Waals surface area contributed by atoms with Crippen LogP contribution < -0.4 is 9.80 Å². The van der Waals surface area contributed by atoms with Crippen molar-refractivity contribution in [3.05, 3.63) is 120 Å². The molecule has 6 rings (SSSR count). The van der Waals surface area contributed by atoms with Crippen LogP contribution in [0.4, 0.5) is 11.4 Å². The second-order valence-electron chi connectivity index (χ2n) is 16.8. The Balaban J connectivity index is 1.38. The summed E-state index contributed by atoms with van der Waals surface area (Å²) in [6.45, 7) is 7.58. The number of unbranched alkanes of at least 4 members (excludes halogenated alkanes) is 2. The Hall–Kier alpha value is -4.88. The largest absolute Gasteiger partial charge is 0.481 e. The number of carbonyl (C=O) groups is 1. The van der Waals surface area contributed by atoms with E-state index in [0.29, 0.717) is 56.4 Å². The maximum Gasteiger partial charge on any atom is 0.303 e. The van der Waals surface area contributed by atoms with Crippen molar-refractivity contribution in [3.63, 3.8) is 0 Å². The third-order valence-corrected chi connectivity index (χ3v) is 15.1. The van der Waals surface area contributed by atoms with Crippen LogP contribution in [-0.4, -0.2) is 88.6 Å². The fourth-order valence-corrected chi connectivity index (χ4v) is 11.6. The molecule has 3 unspecified atom stereocenters. The summed E-state index contributed by atoms with van der Waals surface area (Å²) in [4.78, 5) is 14.2. The molecule has 0 saturated heterocycles. The molecule has 0 aromatic heterocycles. The molecular weight excluding hydrogens is 881 g/mol. The quantitative estimate of drug-likeness (QED) is 0.0371. The number of hydrogen-bond acceptors (Lipinski definition) is 10. The molecule has 2 heterocycles. The standard InChI is InChI=1S/C47H56N2O12S3/c1-5-48-38-24-22-33-17-13-14-18-35(33)44(38)46(2,26-16-30-62(52,53)54)41(48)19-10-7-6-8-11-20-42-47(3,27-29-61-4)45-37-31-34(63(55,56)57)32-40(64(58,59)60)36(37)23-25-39(45)49(42)28-15-9-12-21-43(50)51/h6-8,10-11,13-14,17-20,22-25,31-32,41H,5,9,12,15-16,21,26-30H2,1-4H3,(H,50,51)(H,52,53,54)(H,55,56,57)(H,58,59,60)/b7-6+,11-8+,19-10+,42-20+. The van der Waals surface area contributed by atoms with Gasteiger partial charge in [0.2, 0.25) is 0 Å². The maximum atomic E-state index is 12.6. The highest BCUT2D eigenvalue weighted by Crippen LogP contribution is 2.54. The van der Waals surface area contributed by atoms with Gasteiger partial charge in [-0.3, -0.25) is 18.5 Å². The van der Waals surface area contributed by atoms with Crippen LogP contribution >= 0.6 is 0 Å². The summed E-state index contributed by atoms with van der Waals surface area (Å²) in [6.07, 6.45) is 16.3. The van der Waals surface area contributed by atoms with Gasteiger partial charge < -0.3 is 19.6 Å². The molecule has 17 heteroatoms. The second-order valence-corrected chi connectivity index (χ2v) is 21.2. The summed E-state index contributed by atoms with van der Waals surface area (Å²) in [7, 11) is -12.5. The zero-order valence-electron chi connectivity index (χ0n) is 36.3. The SMILES string of the molecule is CCN1c2ccc3ccccc3c2C(C)(CCCS(=O)(=O)O)C1/C=C/C=C/C=C/C=C1/N(CCCCCC(=O)O)c2ccc3c(S(=O)(=O)O)cc(S(=O)(=O)O)cc3c2C1(C)CCOC. The highest BCUT2D eigenvalue weighted by molar-refractivity contribution is 7.87. The first-order chi connectivity index (χ1) is 30.2. The molecule has 0 aliphatic carbocycles. The van der Waals surface area contributed by atoms with E-state index in [2.05, 4.69) is 54.0 Å². The van der Waals surface area contributed by atoms with Gasteiger partial charge in [-0.15, -0.1) is 0 Å². The topological polar surface area (TPSA) is 216 Å². The number of allylic oxidation sites excluding steroid dienone is 7. The van der Waals surface area contributed by atoms with Crippen LogP contribution in [0, 0.1) is 0 Å². The molecule has 4 aromatic carbocycles. The van der Waals surface area contributed by atoms with Gasteiger partial charge in [0.15, 0.2) is 0 Å². The van der Waals surface area contributed by atoms with Crippen LogP contribution in [0.15, 0.2) is 119 Å². The number of ether oxygens (including phenoxy) is 1. The van der Waals surface area contributed by atoms with Gasteiger partial charge in [0.1, 0.15) is 4.90 Å². The molecular formula is C47H56N2O12S3. The smallest absolute Gasteiger partial charge is 0.303 e. The van der Waals surface area contributed by atoms with Crippen LogP contribution in [0.25, 0.3) is 21.5 Å². The fourth-order valence-electron chi connectivity index (χ4n) is 9.71. The number of hydrogen-bond donors (Lipinski definition) is 4. The van der Waals surface area contributed by atoms with Gasteiger partial charge in [-0.25, -0.2) is 0 Å². The van der Waals surface area contributed by atoms with Gasteiger partial charge in [0.05, 0.1) is 16.7 Å². The molecule has 0 bridgehead atoms. The molecule has 4 aromatic rings. The second kappa shape index (κ2) is 19.3. The monoisotopic (exact) mass is 936 g/mol. The minimum atomic E-state index is -4.95. The highest BCUT2D eigenvalue weighted by Gasteiger charge is 2.47. The van der Waals surface area contributed by atoms with Crippen LogP contribution in [0.3, 0.4) is 0 Å². The Morgan fingerprint density at radius 3 is 2.14 bits per heavy atom. The average Bonchev–Trinajstić information content (AvgIpc) is 3.61. The Kier molecular flexibility index (Phi) is 14.6. The van der Waals surface area contributed by atoms with E-state index < -0.39 is 56.9 Å².